The van der Waals surface area contributed by atoms with Crippen LogP contribution in [0.1, 0.15) is 11.3 Å². The first-order valence-electron chi connectivity index (χ1n) is 6.95. The molecule has 1 aromatic carbocycles. The first-order valence-corrected chi connectivity index (χ1v) is 6.95. The highest BCUT2D eigenvalue weighted by Gasteiger charge is 1.96. The molecule has 0 aliphatic rings. The molecule has 0 bridgehead atoms. The largest absolute Gasteiger partial charge is 0.478 e. The Kier molecular flexibility index (Phi) is 6.07. The molecular weight excluding hydrogens is 280 g/mol. The van der Waals surface area contributed by atoms with Gasteiger partial charge in [-0.2, -0.15) is 0 Å². The van der Waals surface area contributed by atoms with Crippen LogP contribution in [-0.2, 0) is 11.3 Å². The van der Waals surface area contributed by atoms with Crippen molar-refractivity contribution in [2.24, 2.45) is 0 Å². The predicted octanol–water partition coefficient (Wildman–Crippen LogP) is 1.78. The third-order valence-electron chi connectivity index (χ3n) is 2.85. The minimum Gasteiger partial charge on any atom is -0.478 e. The molecule has 6 heteroatoms. The maximum absolute atomic E-state index is 10.4. The Labute approximate surface area is 128 Å². The molecule has 0 atom stereocenters. The van der Waals surface area contributed by atoms with Crippen LogP contribution >= 0.6 is 0 Å². The second-order valence-electron chi connectivity index (χ2n) is 4.59. The van der Waals surface area contributed by atoms with Crippen LogP contribution in [0.3, 0.4) is 0 Å². The summed E-state index contributed by atoms with van der Waals surface area (Å²) in [4.78, 5) is 18.7. The Bertz CT molecular complexity index is 612. The molecule has 6 nitrogen and oxygen atoms in total. The fourth-order valence-corrected chi connectivity index (χ4v) is 1.78. The summed E-state index contributed by atoms with van der Waals surface area (Å²) < 4.78 is 0. The monoisotopic (exact) mass is 298 g/mol. The van der Waals surface area contributed by atoms with Gasteiger partial charge in [-0.05, 0) is 11.6 Å². The fourth-order valence-electron chi connectivity index (χ4n) is 1.78. The number of hydrogen-bond acceptors (Lipinski definition) is 5. The number of aliphatic carboxylic acids is 1. The van der Waals surface area contributed by atoms with Crippen LogP contribution in [0, 0.1) is 0 Å². The van der Waals surface area contributed by atoms with E-state index in [9.17, 15) is 4.79 Å². The van der Waals surface area contributed by atoms with Gasteiger partial charge in [0.05, 0.1) is 18.1 Å². The number of carbonyl (C=O) groups is 1. The molecule has 0 aliphatic heterocycles. The molecule has 114 valence electrons. The molecule has 1 aromatic heterocycles. The van der Waals surface area contributed by atoms with Crippen molar-refractivity contribution in [3.8, 4) is 0 Å². The molecule has 3 N–H and O–H groups in total. The van der Waals surface area contributed by atoms with E-state index >= 15 is 0 Å². The summed E-state index contributed by atoms with van der Waals surface area (Å²) in [5.74, 6) is -0.345. The van der Waals surface area contributed by atoms with E-state index in [1.807, 2.05) is 18.2 Å². The fraction of sp³-hybridized carbons (Fsp3) is 0.188. The average molecular weight is 298 g/mol. The average Bonchev–Trinajstić information content (AvgIpc) is 2.54. The van der Waals surface area contributed by atoms with Gasteiger partial charge in [0.25, 0.3) is 0 Å². The van der Waals surface area contributed by atoms with Gasteiger partial charge >= 0.3 is 5.97 Å². The second-order valence-corrected chi connectivity index (χ2v) is 4.59. The lowest BCUT2D eigenvalue weighted by molar-refractivity contribution is -0.131. The highest BCUT2D eigenvalue weighted by molar-refractivity contribution is 5.84. The van der Waals surface area contributed by atoms with Crippen LogP contribution in [0.15, 0.2) is 48.8 Å². The van der Waals surface area contributed by atoms with Crippen molar-refractivity contribution >= 4 is 17.9 Å². The van der Waals surface area contributed by atoms with Gasteiger partial charge in [0.1, 0.15) is 5.82 Å². The summed E-state index contributed by atoms with van der Waals surface area (Å²) in [6.45, 7) is 2.36. The molecule has 2 rings (SSSR count). The quantitative estimate of drug-likeness (QED) is 0.508. The molecular formula is C16H18N4O2. The van der Waals surface area contributed by atoms with Crippen molar-refractivity contribution in [2.75, 3.05) is 18.4 Å². The lowest BCUT2D eigenvalue weighted by Crippen LogP contribution is -2.22. The molecule has 22 heavy (non-hydrogen) atoms. The first-order chi connectivity index (χ1) is 10.7. The van der Waals surface area contributed by atoms with Crippen molar-refractivity contribution in [3.05, 3.63) is 60.1 Å². The van der Waals surface area contributed by atoms with Gasteiger partial charge in [0.15, 0.2) is 0 Å². The Hall–Kier alpha value is -2.73. The summed E-state index contributed by atoms with van der Waals surface area (Å²) in [5, 5.41) is 15.0. The maximum Gasteiger partial charge on any atom is 0.328 e. The van der Waals surface area contributed by atoms with E-state index in [2.05, 4.69) is 32.7 Å². The Morgan fingerprint density at radius 3 is 2.64 bits per heavy atom. The summed E-state index contributed by atoms with van der Waals surface area (Å²) in [7, 11) is 0. The van der Waals surface area contributed by atoms with Gasteiger partial charge in [0.2, 0.25) is 0 Å². The lowest BCUT2D eigenvalue weighted by Gasteiger charge is -2.07. The molecule has 0 saturated carbocycles. The van der Waals surface area contributed by atoms with Crippen molar-refractivity contribution in [1.29, 1.82) is 0 Å². The van der Waals surface area contributed by atoms with Gasteiger partial charge < -0.3 is 15.7 Å². The molecule has 2 aromatic rings. The number of carboxylic acids is 1. The standard InChI is InChI=1S/C16H18N4O2/c21-16(22)7-6-14-11-20-15(12-19-14)18-9-8-17-10-13-4-2-1-3-5-13/h1-7,11-12,17H,8-10H2,(H,18,20)(H,21,22)/b7-6+. The summed E-state index contributed by atoms with van der Waals surface area (Å²) >= 11 is 0. The zero-order chi connectivity index (χ0) is 15.6. The number of hydrogen-bond donors (Lipinski definition) is 3. The Morgan fingerprint density at radius 1 is 1.14 bits per heavy atom. The number of anilines is 1. The molecule has 0 radical (unpaired) electrons. The number of nitrogens with zero attached hydrogens (tertiary/aromatic N) is 2. The predicted molar refractivity (Wildman–Crippen MR) is 85.3 cm³/mol. The van der Waals surface area contributed by atoms with Crippen LogP contribution in [0.2, 0.25) is 0 Å². The molecule has 0 aliphatic carbocycles. The van der Waals surface area contributed by atoms with Gasteiger partial charge in [-0.1, -0.05) is 30.3 Å². The highest BCUT2D eigenvalue weighted by Crippen LogP contribution is 2.02. The SMILES string of the molecule is O=C(O)/C=C/c1cnc(NCCNCc2ccccc2)cn1. The minimum absolute atomic E-state index is 0.509. The Morgan fingerprint density at radius 2 is 1.95 bits per heavy atom. The van der Waals surface area contributed by atoms with Crippen LogP contribution in [0.5, 0.6) is 0 Å². The van der Waals surface area contributed by atoms with E-state index < -0.39 is 5.97 Å². The highest BCUT2D eigenvalue weighted by atomic mass is 16.4. The molecule has 0 fully saturated rings. The summed E-state index contributed by atoms with van der Waals surface area (Å²) in [5.41, 5.74) is 1.76. The summed E-state index contributed by atoms with van der Waals surface area (Å²) in [6.07, 6.45) is 5.54. The maximum atomic E-state index is 10.4. The van der Waals surface area contributed by atoms with Crippen molar-refractivity contribution < 1.29 is 9.90 Å². The number of rotatable bonds is 8. The van der Waals surface area contributed by atoms with Gasteiger partial charge in [-0.25, -0.2) is 9.78 Å². The lowest BCUT2D eigenvalue weighted by atomic mass is 10.2. The van der Waals surface area contributed by atoms with E-state index in [-0.39, 0.29) is 0 Å². The third kappa shape index (κ3) is 5.72. The molecule has 1 heterocycles. The van der Waals surface area contributed by atoms with E-state index in [0.717, 1.165) is 25.7 Å². The summed E-state index contributed by atoms with van der Waals surface area (Å²) in [6, 6.07) is 10.2. The zero-order valence-corrected chi connectivity index (χ0v) is 12.1. The molecule has 0 amide bonds. The number of nitrogens with one attached hydrogen (secondary N) is 2. The second kappa shape index (κ2) is 8.53. The third-order valence-corrected chi connectivity index (χ3v) is 2.85. The zero-order valence-electron chi connectivity index (χ0n) is 12.1. The van der Waals surface area contributed by atoms with E-state index in [4.69, 9.17) is 5.11 Å². The number of carboxylic acid groups (broad SMARTS) is 1. The normalized spacial score (nSPS) is 10.7. The van der Waals surface area contributed by atoms with Crippen molar-refractivity contribution in [1.82, 2.24) is 15.3 Å². The van der Waals surface area contributed by atoms with Crippen LogP contribution in [-0.4, -0.2) is 34.1 Å². The number of aromatic nitrogens is 2. The van der Waals surface area contributed by atoms with Gasteiger partial charge in [-0.3, -0.25) is 4.98 Å². The molecule has 0 saturated heterocycles. The Balaban J connectivity index is 1.68. The smallest absolute Gasteiger partial charge is 0.328 e. The minimum atomic E-state index is -1.01. The van der Waals surface area contributed by atoms with E-state index in [1.165, 1.54) is 17.8 Å². The molecule has 0 unspecified atom stereocenters. The van der Waals surface area contributed by atoms with Crippen LogP contribution in [0.25, 0.3) is 6.08 Å². The van der Waals surface area contributed by atoms with Crippen LogP contribution < -0.4 is 10.6 Å². The van der Waals surface area contributed by atoms with E-state index in [0.29, 0.717) is 11.5 Å². The van der Waals surface area contributed by atoms with Crippen molar-refractivity contribution in [3.63, 3.8) is 0 Å². The van der Waals surface area contributed by atoms with E-state index in [1.54, 1.807) is 6.20 Å². The topological polar surface area (TPSA) is 87.1 Å². The van der Waals surface area contributed by atoms with Crippen molar-refractivity contribution in [2.45, 2.75) is 6.54 Å². The first kappa shape index (κ1) is 15.7. The molecule has 0 spiro atoms. The van der Waals surface area contributed by atoms with Crippen LogP contribution in [0.4, 0.5) is 5.82 Å². The van der Waals surface area contributed by atoms with Gasteiger partial charge in [0, 0.05) is 25.7 Å². The van der Waals surface area contributed by atoms with Gasteiger partial charge in [-0.15, -0.1) is 0 Å². The number of benzene rings is 1.